The zero-order chi connectivity index (χ0) is 15.4. The number of esters is 1. The van der Waals surface area contributed by atoms with Gasteiger partial charge in [0, 0.05) is 26.2 Å². The van der Waals surface area contributed by atoms with Crippen LogP contribution in [0.25, 0.3) is 0 Å². The normalized spacial score (nSPS) is 14.3. The van der Waals surface area contributed by atoms with Crippen molar-refractivity contribution in [3.05, 3.63) is 0 Å². The lowest BCUT2D eigenvalue weighted by molar-refractivity contribution is -0.146. The second-order valence-corrected chi connectivity index (χ2v) is 4.94. The van der Waals surface area contributed by atoms with Crippen molar-refractivity contribution in [2.75, 3.05) is 40.0 Å². The number of rotatable bonds is 12. The van der Waals surface area contributed by atoms with Crippen molar-refractivity contribution in [3.8, 4) is 0 Å². The fraction of sp³-hybridized carbons (Fsp3) is 0.933. The van der Waals surface area contributed by atoms with Crippen LogP contribution < -0.4 is 5.32 Å². The van der Waals surface area contributed by atoms with Gasteiger partial charge in [-0.2, -0.15) is 0 Å². The Morgan fingerprint density at radius 3 is 2.45 bits per heavy atom. The van der Waals surface area contributed by atoms with E-state index in [1.165, 1.54) is 0 Å². The zero-order valence-electron chi connectivity index (χ0n) is 13.8. The molecule has 5 heteroatoms. The van der Waals surface area contributed by atoms with E-state index in [2.05, 4.69) is 24.1 Å². The molecule has 2 unspecified atom stereocenters. The molecule has 0 saturated carbocycles. The largest absolute Gasteiger partial charge is 0.465 e. The van der Waals surface area contributed by atoms with Crippen molar-refractivity contribution >= 4 is 5.97 Å². The summed E-state index contributed by atoms with van der Waals surface area (Å²) in [4.78, 5) is 14.2. The highest BCUT2D eigenvalue weighted by molar-refractivity contribution is 5.75. The molecule has 0 fully saturated rings. The Morgan fingerprint density at radius 2 is 1.95 bits per heavy atom. The van der Waals surface area contributed by atoms with Crippen LogP contribution in [-0.2, 0) is 14.3 Å². The van der Waals surface area contributed by atoms with E-state index in [4.69, 9.17) is 9.47 Å². The van der Waals surface area contributed by atoms with Gasteiger partial charge in [0.2, 0.25) is 0 Å². The second kappa shape index (κ2) is 12.1. The maximum absolute atomic E-state index is 11.9. The molecule has 0 saturated heterocycles. The molecule has 0 aliphatic carbocycles. The molecule has 0 radical (unpaired) electrons. The van der Waals surface area contributed by atoms with Crippen LogP contribution in [0.3, 0.4) is 0 Å². The van der Waals surface area contributed by atoms with Gasteiger partial charge in [-0.05, 0) is 33.2 Å². The molecule has 20 heavy (non-hydrogen) atoms. The topological polar surface area (TPSA) is 50.8 Å². The second-order valence-electron chi connectivity index (χ2n) is 4.94. The number of methoxy groups -OCH3 is 1. The number of hydrogen-bond acceptors (Lipinski definition) is 5. The first kappa shape index (κ1) is 19.4. The highest BCUT2D eigenvalue weighted by Gasteiger charge is 2.21. The summed E-state index contributed by atoms with van der Waals surface area (Å²) in [6.45, 7) is 11.9. The van der Waals surface area contributed by atoms with Gasteiger partial charge in [-0.1, -0.05) is 13.8 Å². The third-order valence-corrected chi connectivity index (χ3v) is 3.52. The van der Waals surface area contributed by atoms with E-state index in [9.17, 15) is 4.79 Å². The van der Waals surface area contributed by atoms with Crippen LogP contribution >= 0.6 is 0 Å². The first-order valence-electron chi connectivity index (χ1n) is 7.73. The van der Waals surface area contributed by atoms with E-state index in [0.717, 1.165) is 39.1 Å². The molecule has 5 nitrogen and oxygen atoms in total. The first-order valence-corrected chi connectivity index (χ1v) is 7.73. The molecule has 1 N–H and O–H groups in total. The summed E-state index contributed by atoms with van der Waals surface area (Å²) in [6.07, 6.45) is 1.86. The predicted octanol–water partition coefficient (Wildman–Crippen LogP) is 1.66. The Balaban J connectivity index is 4.40. The molecule has 0 heterocycles. The van der Waals surface area contributed by atoms with Gasteiger partial charge < -0.3 is 14.8 Å². The summed E-state index contributed by atoms with van der Waals surface area (Å²) in [7, 11) is 1.72. The van der Waals surface area contributed by atoms with Crippen LogP contribution in [0.4, 0.5) is 0 Å². The Morgan fingerprint density at radius 1 is 1.25 bits per heavy atom. The number of nitrogens with zero attached hydrogens (tertiary/aromatic N) is 1. The Kier molecular flexibility index (Phi) is 11.7. The van der Waals surface area contributed by atoms with E-state index in [0.29, 0.717) is 12.6 Å². The molecular formula is C15H32N2O3. The average Bonchev–Trinajstić information content (AvgIpc) is 2.45. The summed E-state index contributed by atoms with van der Waals surface area (Å²) in [5.41, 5.74) is 0. The molecule has 0 rings (SSSR count). The van der Waals surface area contributed by atoms with Crippen molar-refractivity contribution < 1.29 is 14.3 Å². The van der Waals surface area contributed by atoms with Gasteiger partial charge in [-0.25, -0.2) is 0 Å². The number of carbonyl (C=O) groups excluding carboxylic acids is 1. The Hall–Kier alpha value is -0.650. The lowest BCUT2D eigenvalue weighted by Gasteiger charge is -2.29. The van der Waals surface area contributed by atoms with E-state index in [1.54, 1.807) is 7.11 Å². The van der Waals surface area contributed by atoms with Crippen LogP contribution in [0.1, 0.15) is 40.5 Å². The van der Waals surface area contributed by atoms with Crippen molar-refractivity contribution in [3.63, 3.8) is 0 Å². The number of likely N-dealkylation sites (N-methyl/N-ethyl adjacent to an activating group) is 1. The summed E-state index contributed by atoms with van der Waals surface area (Å²) >= 11 is 0. The summed E-state index contributed by atoms with van der Waals surface area (Å²) in [5.74, 6) is -0.148. The minimum atomic E-state index is -0.214. The minimum Gasteiger partial charge on any atom is -0.465 e. The Bertz CT molecular complexity index is 249. The van der Waals surface area contributed by atoms with Crippen LogP contribution in [0.15, 0.2) is 0 Å². The van der Waals surface area contributed by atoms with E-state index < -0.39 is 0 Å². The number of hydrogen-bond donors (Lipinski definition) is 1. The average molecular weight is 288 g/mol. The van der Waals surface area contributed by atoms with Crippen LogP contribution in [0.5, 0.6) is 0 Å². The maximum atomic E-state index is 11.9. The lowest BCUT2D eigenvalue weighted by atomic mass is 10.1. The number of nitrogens with one attached hydrogen (secondary N) is 1. The lowest BCUT2D eigenvalue weighted by Crippen LogP contribution is -2.43. The monoisotopic (exact) mass is 288 g/mol. The smallest absolute Gasteiger partial charge is 0.323 e. The molecule has 0 bridgehead atoms. The van der Waals surface area contributed by atoms with Gasteiger partial charge in [0.15, 0.2) is 0 Å². The van der Waals surface area contributed by atoms with Crippen LogP contribution in [0.2, 0.25) is 0 Å². The van der Waals surface area contributed by atoms with E-state index >= 15 is 0 Å². The molecule has 0 amide bonds. The summed E-state index contributed by atoms with van der Waals surface area (Å²) in [5, 5.41) is 3.20. The molecular weight excluding hydrogens is 256 g/mol. The minimum absolute atomic E-state index is 0.148. The molecule has 0 aromatic carbocycles. The maximum Gasteiger partial charge on any atom is 0.323 e. The van der Waals surface area contributed by atoms with E-state index in [1.807, 2.05) is 13.8 Å². The predicted molar refractivity (Wildman–Crippen MR) is 81.9 cm³/mol. The molecule has 0 spiro atoms. The van der Waals surface area contributed by atoms with Gasteiger partial charge in [-0.15, -0.1) is 0 Å². The highest BCUT2D eigenvalue weighted by atomic mass is 16.5. The standard InChI is InChI=1S/C15H32N2O3/c1-6-13(4)17(11-12-19-5)10-9-14(16-7-2)15(18)20-8-3/h13-14,16H,6-12H2,1-5H3. The van der Waals surface area contributed by atoms with Gasteiger partial charge in [0.05, 0.1) is 13.2 Å². The van der Waals surface area contributed by atoms with Gasteiger partial charge >= 0.3 is 5.97 Å². The molecule has 2 atom stereocenters. The van der Waals surface area contributed by atoms with Gasteiger partial charge in [-0.3, -0.25) is 9.69 Å². The summed E-state index contributed by atoms with van der Waals surface area (Å²) < 4.78 is 10.3. The third kappa shape index (κ3) is 7.82. The van der Waals surface area contributed by atoms with Crippen molar-refractivity contribution in [2.45, 2.75) is 52.6 Å². The van der Waals surface area contributed by atoms with Crippen LogP contribution in [-0.4, -0.2) is 62.9 Å². The molecule has 0 aromatic rings. The molecule has 0 aromatic heterocycles. The molecule has 0 aliphatic rings. The molecule has 0 aliphatic heterocycles. The molecule has 120 valence electrons. The fourth-order valence-electron chi connectivity index (χ4n) is 2.11. The quantitative estimate of drug-likeness (QED) is 0.554. The van der Waals surface area contributed by atoms with Gasteiger partial charge in [0.1, 0.15) is 6.04 Å². The highest BCUT2D eigenvalue weighted by Crippen LogP contribution is 2.07. The van der Waals surface area contributed by atoms with E-state index in [-0.39, 0.29) is 12.0 Å². The number of ether oxygens (including phenoxy) is 2. The SMILES string of the molecule is CCNC(CCN(CCOC)C(C)CC)C(=O)OCC. The third-order valence-electron chi connectivity index (χ3n) is 3.52. The zero-order valence-corrected chi connectivity index (χ0v) is 13.8. The fourth-order valence-corrected chi connectivity index (χ4v) is 2.11. The first-order chi connectivity index (χ1) is 9.60. The summed E-state index contributed by atoms with van der Waals surface area (Å²) in [6, 6.07) is 0.281. The van der Waals surface area contributed by atoms with Crippen molar-refractivity contribution in [1.82, 2.24) is 10.2 Å². The van der Waals surface area contributed by atoms with Crippen molar-refractivity contribution in [1.29, 1.82) is 0 Å². The van der Waals surface area contributed by atoms with Crippen molar-refractivity contribution in [2.24, 2.45) is 0 Å². The van der Waals surface area contributed by atoms with Gasteiger partial charge in [0.25, 0.3) is 0 Å². The number of carbonyl (C=O) groups is 1. The van der Waals surface area contributed by atoms with Crippen LogP contribution in [0, 0.1) is 0 Å². The Labute approximate surface area is 124 Å².